The number of halogens is 3. The van der Waals surface area contributed by atoms with Gasteiger partial charge in [-0.25, -0.2) is 26.4 Å². The molecule has 4 rings (SSSR count). The minimum atomic E-state index is -3.50. The summed E-state index contributed by atoms with van der Waals surface area (Å²) in [7, 11) is -3.50. The molecule has 35 heavy (non-hydrogen) atoms. The number of alkyl carbamates (subject to hydrolysis) is 1. The number of ether oxygens (including phenoxy) is 2. The molecule has 1 aromatic carbocycles. The van der Waals surface area contributed by atoms with E-state index in [1.165, 1.54) is 6.20 Å². The molecular weight excluding hydrogens is 489 g/mol. The van der Waals surface area contributed by atoms with Crippen LogP contribution >= 0.6 is 0 Å². The Morgan fingerprint density at radius 3 is 2.49 bits per heavy atom. The number of aromatic nitrogens is 2. The van der Waals surface area contributed by atoms with Crippen LogP contribution in [0.3, 0.4) is 0 Å². The van der Waals surface area contributed by atoms with Crippen molar-refractivity contribution >= 4 is 16.1 Å². The Morgan fingerprint density at radius 1 is 1.17 bits per heavy atom. The van der Waals surface area contributed by atoms with Gasteiger partial charge in [-0.15, -0.1) is 0 Å². The Kier molecular flexibility index (Phi) is 6.62. The lowest BCUT2D eigenvalue weighted by Crippen LogP contribution is -2.52. The zero-order valence-electron chi connectivity index (χ0n) is 19.7. The summed E-state index contributed by atoms with van der Waals surface area (Å²) in [5, 5.41) is 6.82. The first-order valence-corrected chi connectivity index (χ1v) is 12.8. The van der Waals surface area contributed by atoms with E-state index < -0.39 is 51.3 Å². The van der Waals surface area contributed by atoms with Gasteiger partial charge in [-0.3, -0.25) is 4.90 Å². The molecule has 1 aromatic heterocycles. The van der Waals surface area contributed by atoms with Crippen molar-refractivity contribution in [2.45, 2.75) is 64.1 Å². The van der Waals surface area contributed by atoms with Gasteiger partial charge in [0.1, 0.15) is 17.5 Å². The molecule has 0 unspecified atom stereocenters. The fourth-order valence-corrected chi connectivity index (χ4v) is 4.87. The monoisotopic (exact) mass is 516 g/mol. The van der Waals surface area contributed by atoms with Crippen LogP contribution < -0.4 is 5.32 Å². The van der Waals surface area contributed by atoms with Crippen molar-refractivity contribution in [3.8, 4) is 0 Å². The van der Waals surface area contributed by atoms with Crippen molar-refractivity contribution in [3.63, 3.8) is 0 Å². The molecule has 1 amide bonds. The van der Waals surface area contributed by atoms with Crippen LogP contribution in [0.25, 0.3) is 0 Å². The maximum absolute atomic E-state index is 14.6. The van der Waals surface area contributed by atoms with E-state index in [4.69, 9.17) is 9.47 Å². The molecule has 9 nitrogen and oxygen atoms in total. The number of fused-ring (bicyclic) bond motifs is 1. The Balaban J connectivity index is 1.55. The number of hydrogen-bond acceptors (Lipinski definition) is 7. The Bertz CT molecular complexity index is 1220. The first-order chi connectivity index (χ1) is 16.2. The Hall–Kier alpha value is -2.64. The van der Waals surface area contributed by atoms with Crippen molar-refractivity contribution in [1.82, 2.24) is 19.4 Å². The molecule has 0 saturated carbocycles. The van der Waals surface area contributed by atoms with Crippen molar-refractivity contribution < 1.29 is 35.9 Å². The van der Waals surface area contributed by atoms with Gasteiger partial charge < -0.3 is 14.8 Å². The molecule has 3 atom stereocenters. The van der Waals surface area contributed by atoms with E-state index in [0.717, 1.165) is 22.0 Å². The van der Waals surface area contributed by atoms with Crippen LogP contribution in [0.2, 0.25) is 0 Å². The van der Waals surface area contributed by atoms with Crippen LogP contribution in [0, 0.1) is 17.5 Å². The Morgan fingerprint density at radius 2 is 1.86 bits per heavy atom. The first kappa shape index (κ1) is 25.5. The van der Waals surface area contributed by atoms with E-state index >= 15 is 0 Å². The van der Waals surface area contributed by atoms with Crippen LogP contribution in [0.15, 0.2) is 18.3 Å². The largest absolute Gasteiger partial charge is 0.444 e. The summed E-state index contributed by atoms with van der Waals surface area (Å²) in [6, 6.07) is 0.121. The zero-order chi connectivity index (χ0) is 25.7. The minimum Gasteiger partial charge on any atom is -0.444 e. The molecule has 2 aliphatic heterocycles. The first-order valence-electron chi connectivity index (χ1n) is 11.0. The molecule has 2 aromatic rings. The van der Waals surface area contributed by atoms with Crippen molar-refractivity contribution in [2.24, 2.45) is 0 Å². The summed E-state index contributed by atoms with van der Waals surface area (Å²) in [6.07, 6.45) is 0.984. The van der Waals surface area contributed by atoms with E-state index in [-0.39, 0.29) is 18.2 Å². The highest BCUT2D eigenvalue weighted by atomic mass is 32.2. The SMILES string of the molecule is CC(C)(C)OC(=O)N[C@H]1C[C@@H](N2Cc3cn(S(C)(=O)=O)nc3C2)CO[C@@H]1c1cc(F)c(F)cc1F. The molecule has 13 heteroatoms. The van der Waals surface area contributed by atoms with E-state index in [0.29, 0.717) is 31.3 Å². The fraction of sp³-hybridized carbons (Fsp3) is 0.545. The third-order valence-electron chi connectivity index (χ3n) is 5.85. The molecule has 0 radical (unpaired) electrons. The van der Waals surface area contributed by atoms with Crippen LogP contribution in [0.1, 0.15) is 50.1 Å². The molecule has 1 N–H and O–H groups in total. The molecular formula is C22H27F3N4O5S. The van der Waals surface area contributed by atoms with Gasteiger partial charge in [0, 0.05) is 42.5 Å². The number of rotatable bonds is 4. The van der Waals surface area contributed by atoms with Crippen LogP contribution in [-0.2, 0) is 32.6 Å². The average molecular weight is 517 g/mol. The fourth-order valence-electron chi connectivity index (χ4n) is 4.31. The highest BCUT2D eigenvalue weighted by Gasteiger charge is 2.40. The number of carbonyl (C=O) groups is 1. The smallest absolute Gasteiger partial charge is 0.407 e. The number of nitrogens with zero attached hydrogens (tertiary/aromatic N) is 3. The summed E-state index contributed by atoms with van der Waals surface area (Å²) >= 11 is 0. The highest BCUT2D eigenvalue weighted by Crippen LogP contribution is 2.35. The number of carbonyl (C=O) groups excluding carboxylic acids is 1. The molecule has 0 aliphatic carbocycles. The standard InChI is InChI=1S/C22H27F3N4O5S/c1-22(2,3)34-21(30)26-18-5-13(11-33-20(18)14-6-16(24)17(25)7-15(14)23)28-8-12-9-29(35(4,31)32)27-19(12)10-28/h6-7,9,13,18,20H,5,8,10-11H2,1-4H3,(H,26,30)/t13-,18+,20-/m1/s1. The average Bonchev–Trinajstić information content (AvgIpc) is 3.29. The lowest BCUT2D eigenvalue weighted by molar-refractivity contribution is -0.0629. The van der Waals surface area contributed by atoms with Gasteiger partial charge in [-0.05, 0) is 33.3 Å². The summed E-state index contributed by atoms with van der Waals surface area (Å²) < 4.78 is 77.6. The van der Waals surface area contributed by atoms with Gasteiger partial charge in [0.15, 0.2) is 11.6 Å². The Labute approximate surface area is 201 Å². The third kappa shape index (κ3) is 5.62. The molecule has 2 aliphatic rings. The van der Waals surface area contributed by atoms with Gasteiger partial charge in [0.2, 0.25) is 0 Å². The molecule has 0 spiro atoms. The van der Waals surface area contributed by atoms with Gasteiger partial charge in [0.05, 0.1) is 24.6 Å². The van der Waals surface area contributed by atoms with Gasteiger partial charge in [0.25, 0.3) is 10.0 Å². The lowest BCUT2D eigenvalue weighted by atomic mass is 9.92. The molecule has 1 saturated heterocycles. The van der Waals surface area contributed by atoms with Crippen molar-refractivity contribution in [2.75, 3.05) is 12.9 Å². The van der Waals surface area contributed by atoms with E-state index in [2.05, 4.69) is 10.4 Å². The number of benzene rings is 1. The van der Waals surface area contributed by atoms with E-state index in [1.54, 1.807) is 20.8 Å². The van der Waals surface area contributed by atoms with Gasteiger partial charge in [-0.1, -0.05) is 0 Å². The topological polar surface area (TPSA) is 103 Å². The molecule has 0 bridgehead atoms. The zero-order valence-corrected chi connectivity index (χ0v) is 20.5. The number of amides is 1. The van der Waals surface area contributed by atoms with Crippen molar-refractivity contribution in [3.05, 3.63) is 52.6 Å². The second kappa shape index (κ2) is 9.10. The molecule has 1 fully saturated rings. The van der Waals surface area contributed by atoms with Gasteiger partial charge >= 0.3 is 6.09 Å². The summed E-state index contributed by atoms with van der Waals surface area (Å²) in [5.74, 6) is -3.53. The lowest BCUT2D eigenvalue weighted by Gasteiger charge is -2.40. The summed E-state index contributed by atoms with van der Waals surface area (Å²) in [4.78, 5) is 14.5. The molecule has 192 valence electrons. The predicted molar refractivity (Wildman–Crippen MR) is 118 cm³/mol. The number of hydrogen-bond donors (Lipinski definition) is 1. The predicted octanol–water partition coefficient (Wildman–Crippen LogP) is 2.85. The van der Waals surface area contributed by atoms with E-state index in [9.17, 15) is 26.4 Å². The van der Waals surface area contributed by atoms with Crippen LogP contribution in [-0.4, -0.2) is 59.1 Å². The van der Waals surface area contributed by atoms with Crippen molar-refractivity contribution in [1.29, 1.82) is 0 Å². The molecule has 3 heterocycles. The van der Waals surface area contributed by atoms with Crippen LogP contribution in [0.5, 0.6) is 0 Å². The third-order valence-corrected chi connectivity index (χ3v) is 6.71. The summed E-state index contributed by atoms with van der Waals surface area (Å²) in [6.45, 7) is 5.95. The second-order valence-corrected chi connectivity index (χ2v) is 11.7. The normalized spacial score (nSPS) is 23.2. The van der Waals surface area contributed by atoms with Gasteiger partial charge in [-0.2, -0.15) is 9.19 Å². The second-order valence-electron chi connectivity index (χ2n) is 9.83. The van der Waals surface area contributed by atoms with E-state index in [1.807, 2.05) is 4.90 Å². The maximum Gasteiger partial charge on any atom is 0.407 e. The highest BCUT2D eigenvalue weighted by molar-refractivity contribution is 7.89. The summed E-state index contributed by atoms with van der Waals surface area (Å²) in [5.41, 5.74) is 0.365. The number of nitrogens with one attached hydrogen (secondary N) is 1. The minimum absolute atomic E-state index is 0.117. The van der Waals surface area contributed by atoms with Crippen LogP contribution in [0.4, 0.5) is 18.0 Å². The maximum atomic E-state index is 14.6. The quantitative estimate of drug-likeness (QED) is 0.624.